The predicted octanol–water partition coefficient (Wildman–Crippen LogP) is 2.99. The van der Waals surface area contributed by atoms with E-state index in [1.807, 2.05) is 24.3 Å². The smallest absolute Gasteiger partial charge is 0.736 e. The van der Waals surface area contributed by atoms with Crippen molar-refractivity contribution in [2.24, 2.45) is 0 Å². The van der Waals surface area contributed by atoms with Gasteiger partial charge in [0.05, 0.1) is 0 Å². The van der Waals surface area contributed by atoms with E-state index >= 15 is 0 Å². The third-order valence-corrected chi connectivity index (χ3v) is 6.34. The maximum Gasteiger partial charge on any atom is 1.00 e. The molecule has 0 atom stereocenters. The molecule has 0 aliphatic rings. The Labute approximate surface area is 191 Å². The number of phosphoric ester groups is 1. The van der Waals surface area contributed by atoms with Gasteiger partial charge >= 0.3 is 37.4 Å². The Morgan fingerprint density at radius 1 is 0.750 bits per heavy atom. The van der Waals surface area contributed by atoms with E-state index in [0.717, 1.165) is 24.0 Å². The van der Waals surface area contributed by atoms with Crippen molar-refractivity contribution in [1.82, 2.24) is 0 Å². The van der Waals surface area contributed by atoms with Gasteiger partial charge in [-0.1, -0.05) is 65.8 Å². The summed E-state index contributed by atoms with van der Waals surface area (Å²) < 4.78 is 22.4. The van der Waals surface area contributed by atoms with Gasteiger partial charge < -0.3 is 13.9 Å². The number of hydrogen-bond donors (Lipinski definition) is 0. The fraction of sp³-hybridized carbons (Fsp3) is 0.455. The quantitative estimate of drug-likeness (QED) is 0.494. The molecule has 2 aromatic rings. The second-order valence-electron chi connectivity index (χ2n) is 8.15. The number of benzene rings is 2. The standard InChI is InChI=1S/C22H31O4P.Na/c1-7-21(3,4)17-9-13-19(14-10-17)25-27(23,24)26-20-15-11-18(12-16-20)22(5,6)8-2;/h9-16H,7-8H2,1-6H3,(H,23,24);/q;+1/p-1. The zero-order valence-electron chi connectivity index (χ0n) is 18.1. The van der Waals surface area contributed by atoms with Crippen LogP contribution in [-0.4, -0.2) is 0 Å². The molecular weight excluding hydrogens is 382 g/mol. The molecule has 28 heavy (non-hydrogen) atoms. The van der Waals surface area contributed by atoms with E-state index in [9.17, 15) is 9.46 Å². The van der Waals surface area contributed by atoms with Gasteiger partial charge in [0.1, 0.15) is 11.5 Å². The molecule has 2 aromatic carbocycles. The van der Waals surface area contributed by atoms with Crippen LogP contribution in [0.2, 0.25) is 0 Å². The number of rotatable bonds is 8. The Kier molecular flexibility index (Phi) is 8.86. The maximum absolute atomic E-state index is 12.2. The van der Waals surface area contributed by atoms with E-state index in [2.05, 4.69) is 41.5 Å². The molecule has 6 heteroatoms. The van der Waals surface area contributed by atoms with Crippen molar-refractivity contribution in [3.63, 3.8) is 0 Å². The molecule has 0 fully saturated rings. The van der Waals surface area contributed by atoms with Gasteiger partial charge in [-0.2, -0.15) is 0 Å². The fourth-order valence-electron chi connectivity index (χ4n) is 2.62. The van der Waals surface area contributed by atoms with E-state index in [1.54, 1.807) is 24.3 Å². The van der Waals surface area contributed by atoms with Gasteiger partial charge in [0.25, 0.3) is 0 Å². The number of phosphoric acid groups is 1. The monoisotopic (exact) mass is 412 g/mol. The van der Waals surface area contributed by atoms with Crippen molar-refractivity contribution in [2.45, 2.75) is 65.2 Å². The van der Waals surface area contributed by atoms with Crippen molar-refractivity contribution in [3.8, 4) is 11.5 Å². The van der Waals surface area contributed by atoms with Gasteiger partial charge in [-0.3, -0.25) is 0 Å². The van der Waals surface area contributed by atoms with Crippen LogP contribution in [0, 0.1) is 0 Å². The minimum absolute atomic E-state index is 0. The van der Waals surface area contributed by atoms with Crippen LogP contribution in [0.5, 0.6) is 11.5 Å². The molecule has 0 N–H and O–H groups in total. The second-order valence-corrected chi connectivity index (χ2v) is 9.41. The van der Waals surface area contributed by atoms with E-state index < -0.39 is 7.82 Å². The molecule has 0 heterocycles. The predicted molar refractivity (Wildman–Crippen MR) is 108 cm³/mol. The number of hydrogen-bond acceptors (Lipinski definition) is 4. The van der Waals surface area contributed by atoms with E-state index in [0.29, 0.717) is 0 Å². The minimum Gasteiger partial charge on any atom is -0.736 e. The van der Waals surface area contributed by atoms with Crippen LogP contribution < -0.4 is 43.5 Å². The summed E-state index contributed by atoms with van der Waals surface area (Å²) in [6.07, 6.45) is 1.97. The Bertz CT molecular complexity index is 733. The summed E-state index contributed by atoms with van der Waals surface area (Å²) in [6.45, 7) is 12.8. The largest absolute Gasteiger partial charge is 1.00 e. The Balaban J connectivity index is 0.00000392. The second kappa shape index (κ2) is 9.82. The molecule has 0 bridgehead atoms. The van der Waals surface area contributed by atoms with Gasteiger partial charge in [-0.15, -0.1) is 0 Å². The van der Waals surface area contributed by atoms with E-state index in [-0.39, 0.29) is 51.9 Å². The Morgan fingerprint density at radius 2 is 1.04 bits per heavy atom. The zero-order chi connectivity index (χ0) is 20.3. The minimum atomic E-state index is -4.51. The Morgan fingerprint density at radius 3 is 1.29 bits per heavy atom. The van der Waals surface area contributed by atoms with Crippen LogP contribution in [0.4, 0.5) is 0 Å². The van der Waals surface area contributed by atoms with Crippen molar-refractivity contribution < 1.29 is 48.1 Å². The summed E-state index contributed by atoms with van der Waals surface area (Å²) in [5.74, 6) is 0.487. The molecule has 0 unspecified atom stereocenters. The SMILES string of the molecule is CCC(C)(C)c1ccc(OP(=O)([O-])Oc2ccc(C(C)(C)CC)cc2)cc1.[Na+]. The average Bonchev–Trinajstić information content (AvgIpc) is 2.62. The zero-order valence-corrected chi connectivity index (χ0v) is 21.0. The summed E-state index contributed by atoms with van der Waals surface area (Å²) >= 11 is 0. The third-order valence-electron chi connectivity index (χ3n) is 5.47. The molecule has 0 spiro atoms. The molecule has 2 rings (SSSR count). The molecule has 0 saturated carbocycles. The van der Waals surface area contributed by atoms with E-state index in [4.69, 9.17) is 9.05 Å². The van der Waals surface area contributed by atoms with Gasteiger partial charge in [-0.25, -0.2) is 4.57 Å². The summed E-state index contributed by atoms with van der Waals surface area (Å²) in [7, 11) is -4.51. The van der Waals surface area contributed by atoms with Gasteiger partial charge in [-0.05, 0) is 59.1 Å². The van der Waals surface area contributed by atoms with Gasteiger partial charge in [0, 0.05) is 0 Å². The van der Waals surface area contributed by atoms with Crippen molar-refractivity contribution in [1.29, 1.82) is 0 Å². The Hall–Kier alpha value is -0.770. The summed E-state index contributed by atoms with van der Waals surface area (Å²) in [4.78, 5) is 12.2. The molecule has 0 saturated heterocycles. The molecule has 0 aliphatic carbocycles. The molecular formula is C22H30NaO4P. The molecule has 148 valence electrons. The molecule has 0 radical (unpaired) electrons. The first-order chi connectivity index (χ1) is 12.5. The summed E-state index contributed by atoms with van der Waals surface area (Å²) in [5, 5.41) is 0. The van der Waals surface area contributed by atoms with Crippen LogP contribution in [-0.2, 0) is 15.4 Å². The molecule has 0 aliphatic heterocycles. The van der Waals surface area contributed by atoms with Crippen molar-refractivity contribution in [2.75, 3.05) is 0 Å². The van der Waals surface area contributed by atoms with Gasteiger partial charge in [0.2, 0.25) is 0 Å². The fourth-order valence-corrected chi connectivity index (χ4v) is 3.42. The molecule has 0 aromatic heterocycles. The van der Waals surface area contributed by atoms with Gasteiger partial charge in [0.15, 0.2) is 0 Å². The van der Waals surface area contributed by atoms with Crippen LogP contribution in [0.15, 0.2) is 48.5 Å². The summed E-state index contributed by atoms with van der Waals surface area (Å²) in [5.41, 5.74) is 2.33. The van der Waals surface area contributed by atoms with E-state index in [1.165, 1.54) is 0 Å². The first kappa shape index (κ1) is 25.3. The first-order valence-electron chi connectivity index (χ1n) is 9.40. The molecule has 0 amide bonds. The topological polar surface area (TPSA) is 58.6 Å². The van der Waals surface area contributed by atoms with Crippen LogP contribution in [0.3, 0.4) is 0 Å². The van der Waals surface area contributed by atoms with Crippen molar-refractivity contribution in [3.05, 3.63) is 59.7 Å². The normalized spacial score (nSPS) is 12.2. The summed E-state index contributed by atoms with van der Waals surface area (Å²) in [6, 6.07) is 14.2. The average molecular weight is 412 g/mol. The van der Waals surface area contributed by atoms with Crippen LogP contribution in [0.1, 0.15) is 65.5 Å². The maximum atomic E-state index is 12.2. The molecule has 4 nitrogen and oxygen atoms in total. The van der Waals surface area contributed by atoms with Crippen LogP contribution in [0.25, 0.3) is 0 Å². The third kappa shape index (κ3) is 6.64. The van der Waals surface area contributed by atoms with Crippen molar-refractivity contribution >= 4 is 7.82 Å². The first-order valence-corrected chi connectivity index (χ1v) is 10.9. The van der Waals surface area contributed by atoms with Crippen LogP contribution >= 0.6 is 7.82 Å².